The zero-order chi connectivity index (χ0) is 13.9. The Balaban J connectivity index is 1.94. The van der Waals surface area contributed by atoms with Gasteiger partial charge >= 0.3 is 0 Å². The topological polar surface area (TPSA) is 40.2 Å². The molecule has 3 heteroatoms. The van der Waals surface area contributed by atoms with Gasteiger partial charge in [-0.05, 0) is 46.8 Å². The molecule has 20 heavy (non-hydrogen) atoms. The van der Waals surface area contributed by atoms with E-state index in [1.807, 2.05) is 12.1 Å². The number of fused-ring (bicyclic) bond motifs is 1. The third-order valence-corrected chi connectivity index (χ3v) is 3.56. The van der Waals surface area contributed by atoms with Crippen LogP contribution in [0.1, 0.15) is 11.1 Å². The number of hydrogen-bond donors (Lipinski definition) is 1. The second kappa shape index (κ2) is 5.39. The van der Waals surface area contributed by atoms with Gasteiger partial charge in [-0.15, -0.1) is 0 Å². The smallest absolute Gasteiger partial charge is 0.119 e. The number of rotatable bonds is 4. The van der Waals surface area contributed by atoms with Crippen LogP contribution in [0.4, 0.5) is 0 Å². The van der Waals surface area contributed by atoms with Crippen LogP contribution >= 0.6 is 0 Å². The second-order valence-corrected chi connectivity index (χ2v) is 4.89. The van der Waals surface area contributed by atoms with E-state index in [2.05, 4.69) is 47.2 Å². The van der Waals surface area contributed by atoms with Crippen molar-refractivity contribution < 1.29 is 4.74 Å². The molecule has 0 unspecified atom stereocenters. The van der Waals surface area contributed by atoms with Gasteiger partial charge in [-0.1, -0.05) is 18.2 Å². The van der Waals surface area contributed by atoms with Gasteiger partial charge in [-0.2, -0.15) is 0 Å². The van der Waals surface area contributed by atoms with Crippen LogP contribution in [-0.4, -0.2) is 11.7 Å². The van der Waals surface area contributed by atoms with E-state index in [4.69, 9.17) is 10.5 Å². The highest BCUT2D eigenvalue weighted by molar-refractivity contribution is 5.81. The van der Waals surface area contributed by atoms with Crippen molar-refractivity contribution in [2.24, 2.45) is 5.73 Å². The molecule has 3 rings (SSSR count). The van der Waals surface area contributed by atoms with Crippen LogP contribution in [0.5, 0.6) is 5.75 Å². The van der Waals surface area contributed by atoms with Crippen molar-refractivity contribution in [1.29, 1.82) is 0 Å². The molecule has 0 saturated carbocycles. The molecule has 0 aliphatic carbocycles. The van der Waals surface area contributed by atoms with E-state index < -0.39 is 0 Å². The highest BCUT2D eigenvalue weighted by Gasteiger charge is 2.03. The maximum absolute atomic E-state index is 5.68. The summed E-state index contributed by atoms with van der Waals surface area (Å²) in [6, 6.07) is 16.7. The predicted molar refractivity (Wildman–Crippen MR) is 81.9 cm³/mol. The molecule has 3 nitrogen and oxygen atoms in total. The Morgan fingerprint density at radius 1 is 1.05 bits per heavy atom. The van der Waals surface area contributed by atoms with Crippen LogP contribution in [0, 0.1) is 0 Å². The minimum atomic E-state index is 0.580. The third kappa shape index (κ3) is 2.40. The van der Waals surface area contributed by atoms with Crippen LogP contribution in [0.3, 0.4) is 0 Å². The normalized spacial score (nSPS) is 10.9. The molecule has 2 aromatic carbocycles. The number of methoxy groups -OCH3 is 1. The number of ether oxygens (including phenoxy) is 1. The fourth-order valence-corrected chi connectivity index (χ4v) is 2.48. The Labute approximate surface area is 118 Å². The number of nitrogens with zero attached hydrogens (tertiary/aromatic N) is 1. The first-order valence-electron chi connectivity index (χ1n) is 6.71. The Bertz CT molecular complexity index is 731. The van der Waals surface area contributed by atoms with Gasteiger partial charge in [-0.25, -0.2) is 0 Å². The van der Waals surface area contributed by atoms with Gasteiger partial charge in [0.15, 0.2) is 0 Å². The molecule has 0 saturated heterocycles. The zero-order valence-corrected chi connectivity index (χ0v) is 11.5. The van der Waals surface area contributed by atoms with Crippen molar-refractivity contribution >= 4 is 10.9 Å². The number of hydrogen-bond acceptors (Lipinski definition) is 2. The lowest BCUT2D eigenvalue weighted by atomic mass is 10.1. The summed E-state index contributed by atoms with van der Waals surface area (Å²) in [4.78, 5) is 0. The zero-order valence-electron chi connectivity index (χ0n) is 11.5. The van der Waals surface area contributed by atoms with Crippen molar-refractivity contribution in [1.82, 2.24) is 4.57 Å². The second-order valence-electron chi connectivity index (χ2n) is 4.89. The van der Waals surface area contributed by atoms with E-state index in [-0.39, 0.29) is 0 Å². The summed E-state index contributed by atoms with van der Waals surface area (Å²) >= 11 is 0. The molecule has 0 atom stereocenters. The van der Waals surface area contributed by atoms with Crippen molar-refractivity contribution in [3.05, 3.63) is 65.9 Å². The summed E-state index contributed by atoms with van der Waals surface area (Å²) < 4.78 is 7.51. The summed E-state index contributed by atoms with van der Waals surface area (Å²) in [7, 11) is 1.69. The highest BCUT2D eigenvalue weighted by Crippen LogP contribution is 2.20. The number of nitrogens with two attached hydrogens (primary N) is 1. The summed E-state index contributed by atoms with van der Waals surface area (Å²) in [6.45, 7) is 1.42. The first-order valence-corrected chi connectivity index (χ1v) is 6.71. The van der Waals surface area contributed by atoms with Crippen LogP contribution in [-0.2, 0) is 13.1 Å². The third-order valence-electron chi connectivity index (χ3n) is 3.56. The van der Waals surface area contributed by atoms with Gasteiger partial charge in [0, 0.05) is 24.8 Å². The van der Waals surface area contributed by atoms with E-state index in [1.165, 1.54) is 16.5 Å². The monoisotopic (exact) mass is 266 g/mol. The Morgan fingerprint density at radius 3 is 2.75 bits per heavy atom. The van der Waals surface area contributed by atoms with Crippen molar-refractivity contribution in [2.45, 2.75) is 13.1 Å². The summed E-state index contributed by atoms with van der Waals surface area (Å²) in [5.74, 6) is 0.893. The molecule has 3 aromatic rings. The van der Waals surface area contributed by atoms with Crippen LogP contribution in [0.2, 0.25) is 0 Å². The minimum Gasteiger partial charge on any atom is -0.497 e. The molecule has 0 aliphatic heterocycles. The average Bonchev–Trinajstić information content (AvgIpc) is 2.89. The lowest BCUT2D eigenvalue weighted by Crippen LogP contribution is -1.99. The average molecular weight is 266 g/mol. The molecular weight excluding hydrogens is 248 g/mol. The lowest BCUT2D eigenvalue weighted by molar-refractivity contribution is 0.414. The van der Waals surface area contributed by atoms with E-state index >= 15 is 0 Å². The van der Waals surface area contributed by atoms with Crippen molar-refractivity contribution in [3.63, 3.8) is 0 Å². The molecular formula is C17H18N2O. The molecule has 0 aliphatic rings. The molecule has 1 heterocycles. The Morgan fingerprint density at radius 2 is 1.95 bits per heavy atom. The van der Waals surface area contributed by atoms with Crippen molar-refractivity contribution in [3.8, 4) is 5.75 Å². The van der Waals surface area contributed by atoms with E-state index in [0.29, 0.717) is 6.54 Å². The van der Waals surface area contributed by atoms with Crippen molar-refractivity contribution in [2.75, 3.05) is 7.11 Å². The van der Waals surface area contributed by atoms with Gasteiger partial charge in [0.05, 0.1) is 7.11 Å². The lowest BCUT2D eigenvalue weighted by Gasteiger charge is -2.08. The standard InChI is InChI=1S/C17H18N2O/c1-20-16-4-2-3-14(10-16)12-19-8-7-15-9-13(11-18)5-6-17(15)19/h2-10H,11-12,18H2,1H3. The summed E-state index contributed by atoms with van der Waals surface area (Å²) in [5, 5.41) is 1.23. The summed E-state index contributed by atoms with van der Waals surface area (Å²) in [5.41, 5.74) is 9.30. The minimum absolute atomic E-state index is 0.580. The first kappa shape index (κ1) is 12.8. The van der Waals surface area contributed by atoms with Gasteiger partial charge in [0.25, 0.3) is 0 Å². The molecule has 1 aromatic heterocycles. The molecule has 0 fully saturated rings. The fourth-order valence-electron chi connectivity index (χ4n) is 2.48. The Hall–Kier alpha value is -2.26. The predicted octanol–water partition coefficient (Wildman–Crippen LogP) is 3.16. The molecule has 2 N–H and O–H groups in total. The summed E-state index contributed by atoms with van der Waals surface area (Å²) in [6.07, 6.45) is 2.12. The number of benzene rings is 2. The number of aromatic nitrogens is 1. The van der Waals surface area contributed by atoms with Crippen LogP contribution < -0.4 is 10.5 Å². The largest absolute Gasteiger partial charge is 0.497 e. The molecule has 0 bridgehead atoms. The SMILES string of the molecule is COc1cccc(Cn2ccc3cc(CN)ccc32)c1. The molecule has 102 valence electrons. The van der Waals surface area contributed by atoms with Gasteiger partial charge in [0.1, 0.15) is 5.75 Å². The van der Waals surface area contributed by atoms with Gasteiger partial charge in [0.2, 0.25) is 0 Å². The maximum Gasteiger partial charge on any atom is 0.119 e. The van der Waals surface area contributed by atoms with E-state index in [9.17, 15) is 0 Å². The van der Waals surface area contributed by atoms with Gasteiger partial charge in [-0.3, -0.25) is 0 Å². The van der Waals surface area contributed by atoms with Crippen LogP contribution in [0.25, 0.3) is 10.9 Å². The van der Waals surface area contributed by atoms with E-state index in [0.717, 1.165) is 17.9 Å². The molecule has 0 spiro atoms. The quantitative estimate of drug-likeness (QED) is 0.788. The van der Waals surface area contributed by atoms with E-state index in [1.54, 1.807) is 7.11 Å². The Kier molecular flexibility index (Phi) is 3.44. The molecule has 0 amide bonds. The highest BCUT2D eigenvalue weighted by atomic mass is 16.5. The maximum atomic E-state index is 5.68. The van der Waals surface area contributed by atoms with Crippen LogP contribution in [0.15, 0.2) is 54.7 Å². The first-order chi connectivity index (χ1) is 9.80. The molecule has 0 radical (unpaired) electrons. The van der Waals surface area contributed by atoms with Gasteiger partial charge < -0.3 is 15.0 Å². The fraction of sp³-hybridized carbons (Fsp3) is 0.176.